The molecule has 3 heterocycles. The minimum absolute atomic E-state index is 0.0287. The number of amides is 1. The van der Waals surface area contributed by atoms with Crippen LogP contribution in [-0.4, -0.2) is 37.6 Å². The summed E-state index contributed by atoms with van der Waals surface area (Å²) in [5.41, 5.74) is 4.92. The molecule has 0 atom stereocenters. The van der Waals surface area contributed by atoms with E-state index in [0.717, 1.165) is 39.2 Å². The van der Waals surface area contributed by atoms with E-state index in [2.05, 4.69) is 20.5 Å². The molecule has 188 valence electrons. The maximum atomic E-state index is 13.4. The molecule has 0 aliphatic heterocycles. The van der Waals surface area contributed by atoms with Gasteiger partial charge >= 0.3 is 0 Å². The fraction of sp³-hybridized carbons (Fsp3) is 0.185. The molecule has 0 fully saturated rings. The largest absolute Gasteiger partial charge is 0.497 e. The molecule has 5 rings (SSSR count). The molecule has 0 spiro atoms. The molecule has 0 radical (unpaired) electrons. The highest BCUT2D eigenvalue weighted by Gasteiger charge is 2.17. The van der Waals surface area contributed by atoms with Crippen molar-refractivity contribution in [1.82, 2.24) is 24.5 Å². The molecule has 0 saturated carbocycles. The zero-order valence-corrected chi connectivity index (χ0v) is 21.3. The van der Waals surface area contributed by atoms with Gasteiger partial charge in [-0.25, -0.2) is 14.1 Å². The Hall–Kier alpha value is -4.24. The lowest BCUT2D eigenvalue weighted by molar-refractivity contribution is -0.116. The normalized spacial score (nSPS) is 11.2. The Kier molecular flexibility index (Phi) is 6.62. The third-order valence-electron chi connectivity index (χ3n) is 6.09. The molecule has 1 N–H and O–H groups in total. The molecule has 0 aliphatic carbocycles. The molecule has 2 aromatic carbocycles. The first-order valence-electron chi connectivity index (χ1n) is 11.6. The number of halogens is 2. The van der Waals surface area contributed by atoms with Crippen LogP contribution in [0.15, 0.2) is 60.8 Å². The predicted octanol–water partition coefficient (Wildman–Crippen LogP) is 5.40. The van der Waals surface area contributed by atoms with Gasteiger partial charge in [-0.05, 0) is 60.9 Å². The number of hydrogen-bond acceptors (Lipinski definition) is 5. The van der Waals surface area contributed by atoms with Crippen LogP contribution in [0, 0.1) is 19.7 Å². The zero-order valence-electron chi connectivity index (χ0n) is 20.5. The van der Waals surface area contributed by atoms with E-state index >= 15 is 0 Å². The molecule has 0 saturated heterocycles. The topological polar surface area (TPSA) is 86.9 Å². The number of pyridine rings is 1. The van der Waals surface area contributed by atoms with Crippen molar-refractivity contribution >= 4 is 34.4 Å². The van der Waals surface area contributed by atoms with Gasteiger partial charge in [0.15, 0.2) is 11.5 Å². The lowest BCUT2D eigenvalue weighted by Gasteiger charge is -2.07. The molecule has 0 aliphatic rings. The van der Waals surface area contributed by atoms with Gasteiger partial charge in [-0.2, -0.15) is 10.2 Å². The number of benzene rings is 2. The van der Waals surface area contributed by atoms with Crippen LogP contribution in [0.3, 0.4) is 0 Å². The number of aromatic nitrogens is 5. The lowest BCUT2D eigenvalue weighted by Crippen LogP contribution is -2.20. The van der Waals surface area contributed by atoms with Crippen molar-refractivity contribution in [2.45, 2.75) is 26.9 Å². The van der Waals surface area contributed by atoms with E-state index in [9.17, 15) is 9.18 Å². The van der Waals surface area contributed by atoms with E-state index in [1.54, 1.807) is 34.8 Å². The predicted molar refractivity (Wildman–Crippen MR) is 140 cm³/mol. The minimum atomic E-state index is -0.397. The SMILES string of the molecule is COc1ccc(-c2ccnc3c2c(C)nn3CC(=O)Nc2cc(C)n(Cc3ccc(F)cc3Cl)n2)cc1. The first kappa shape index (κ1) is 24.5. The van der Waals surface area contributed by atoms with Gasteiger partial charge in [0.1, 0.15) is 18.1 Å². The van der Waals surface area contributed by atoms with Gasteiger partial charge in [-0.1, -0.05) is 29.8 Å². The van der Waals surface area contributed by atoms with Crippen molar-refractivity contribution in [2.24, 2.45) is 0 Å². The second-order valence-electron chi connectivity index (χ2n) is 8.64. The maximum Gasteiger partial charge on any atom is 0.247 e. The molecule has 1 amide bonds. The summed E-state index contributed by atoms with van der Waals surface area (Å²) in [5.74, 6) is 0.494. The van der Waals surface area contributed by atoms with Crippen molar-refractivity contribution < 1.29 is 13.9 Å². The summed E-state index contributed by atoms with van der Waals surface area (Å²) in [5, 5.41) is 13.1. The second kappa shape index (κ2) is 10.0. The molecule has 5 aromatic rings. The highest BCUT2D eigenvalue weighted by atomic mass is 35.5. The van der Waals surface area contributed by atoms with Gasteiger partial charge < -0.3 is 10.1 Å². The number of nitrogens with zero attached hydrogens (tertiary/aromatic N) is 5. The number of carbonyl (C=O) groups excluding carboxylic acids is 1. The quantitative estimate of drug-likeness (QED) is 0.312. The van der Waals surface area contributed by atoms with Crippen molar-refractivity contribution in [3.05, 3.63) is 88.6 Å². The van der Waals surface area contributed by atoms with E-state index in [1.807, 2.05) is 44.2 Å². The van der Waals surface area contributed by atoms with Gasteiger partial charge in [-0.3, -0.25) is 9.48 Å². The Labute approximate surface area is 217 Å². The van der Waals surface area contributed by atoms with Gasteiger partial charge in [0.2, 0.25) is 5.91 Å². The summed E-state index contributed by atoms with van der Waals surface area (Å²) in [6.45, 7) is 4.09. The zero-order chi connectivity index (χ0) is 26.1. The summed E-state index contributed by atoms with van der Waals surface area (Å²) >= 11 is 6.15. The van der Waals surface area contributed by atoms with Crippen LogP contribution in [0.5, 0.6) is 5.75 Å². The number of anilines is 1. The third-order valence-corrected chi connectivity index (χ3v) is 6.44. The third kappa shape index (κ3) is 5.03. The van der Waals surface area contributed by atoms with Crippen molar-refractivity contribution in [2.75, 3.05) is 12.4 Å². The molecule has 10 heteroatoms. The number of carbonyl (C=O) groups is 1. The van der Waals surface area contributed by atoms with Crippen molar-refractivity contribution in [3.63, 3.8) is 0 Å². The Morgan fingerprint density at radius 1 is 1.05 bits per heavy atom. The maximum absolute atomic E-state index is 13.4. The van der Waals surface area contributed by atoms with Gasteiger partial charge in [0.25, 0.3) is 0 Å². The number of nitrogens with one attached hydrogen (secondary N) is 1. The van der Waals surface area contributed by atoms with Crippen LogP contribution in [0.1, 0.15) is 17.0 Å². The highest BCUT2D eigenvalue weighted by molar-refractivity contribution is 6.31. The number of hydrogen-bond donors (Lipinski definition) is 1. The average Bonchev–Trinajstić information content (AvgIpc) is 3.38. The summed E-state index contributed by atoms with van der Waals surface area (Å²) in [4.78, 5) is 17.4. The molecular formula is C27H24ClFN6O2. The monoisotopic (exact) mass is 518 g/mol. The Morgan fingerprint density at radius 2 is 1.84 bits per heavy atom. The van der Waals surface area contributed by atoms with Crippen LogP contribution in [0.2, 0.25) is 5.02 Å². The highest BCUT2D eigenvalue weighted by Crippen LogP contribution is 2.31. The van der Waals surface area contributed by atoms with E-state index < -0.39 is 5.82 Å². The van der Waals surface area contributed by atoms with Crippen molar-refractivity contribution in [1.29, 1.82) is 0 Å². The fourth-order valence-corrected chi connectivity index (χ4v) is 4.49. The number of methoxy groups -OCH3 is 1. The minimum Gasteiger partial charge on any atom is -0.497 e. The Bertz CT molecular complexity index is 1610. The van der Waals surface area contributed by atoms with E-state index in [1.165, 1.54) is 12.1 Å². The van der Waals surface area contributed by atoms with Crippen LogP contribution in [0.25, 0.3) is 22.2 Å². The van der Waals surface area contributed by atoms with Crippen LogP contribution < -0.4 is 10.1 Å². The number of rotatable bonds is 7. The van der Waals surface area contributed by atoms with Gasteiger partial charge in [-0.15, -0.1) is 0 Å². The first-order valence-corrected chi connectivity index (χ1v) is 11.9. The molecule has 8 nitrogen and oxygen atoms in total. The molecule has 3 aromatic heterocycles. The molecule has 0 unspecified atom stereocenters. The second-order valence-corrected chi connectivity index (χ2v) is 9.05. The fourth-order valence-electron chi connectivity index (χ4n) is 4.26. The first-order chi connectivity index (χ1) is 17.8. The Morgan fingerprint density at radius 3 is 2.57 bits per heavy atom. The smallest absolute Gasteiger partial charge is 0.247 e. The average molecular weight is 519 g/mol. The van der Waals surface area contributed by atoms with Gasteiger partial charge in [0, 0.05) is 28.4 Å². The molecule has 0 bridgehead atoms. The standard InChI is InChI=1S/C27H24ClFN6O2/c1-16-12-24(33-34(16)14-19-4-7-20(29)13-23(19)28)31-25(36)15-35-27-26(17(2)32-35)22(10-11-30-27)18-5-8-21(37-3)9-6-18/h4-13H,14-15H2,1-3H3,(H,31,33,36). The number of aryl methyl sites for hydroxylation is 2. The molecule has 37 heavy (non-hydrogen) atoms. The summed E-state index contributed by atoms with van der Waals surface area (Å²) < 4.78 is 21.9. The number of fused-ring (bicyclic) bond motifs is 1. The summed E-state index contributed by atoms with van der Waals surface area (Å²) in [7, 11) is 1.63. The van der Waals surface area contributed by atoms with Crippen LogP contribution in [0.4, 0.5) is 10.2 Å². The van der Waals surface area contributed by atoms with E-state index in [-0.39, 0.29) is 12.5 Å². The summed E-state index contributed by atoms with van der Waals surface area (Å²) in [6, 6.07) is 15.7. The van der Waals surface area contributed by atoms with Crippen LogP contribution in [-0.2, 0) is 17.9 Å². The van der Waals surface area contributed by atoms with Crippen LogP contribution >= 0.6 is 11.6 Å². The van der Waals surface area contributed by atoms with E-state index in [4.69, 9.17) is 16.3 Å². The lowest BCUT2D eigenvalue weighted by atomic mass is 10.0. The van der Waals surface area contributed by atoms with Gasteiger partial charge in [0.05, 0.1) is 19.3 Å². The summed E-state index contributed by atoms with van der Waals surface area (Å²) in [6.07, 6.45) is 1.71. The van der Waals surface area contributed by atoms with E-state index in [0.29, 0.717) is 23.0 Å². The molecular weight excluding hydrogens is 495 g/mol. The Balaban J connectivity index is 1.34. The number of ether oxygens (including phenoxy) is 1. The van der Waals surface area contributed by atoms with Crippen molar-refractivity contribution in [3.8, 4) is 16.9 Å².